The maximum absolute atomic E-state index is 11.3. The Morgan fingerprint density at radius 2 is 1.93 bits per heavy atom. The van der Waals surface area contributed by atoms with Gasteiger partial charge in [-0.25, -0.2) is 0 Å². The van der Waals surface area contributed by atoms with Gasteiger partial charge >= 0.3 is 5.97 Å². The molecule has 0 spiro atoms. The second kappa shape index (κ2) is 7.27. The van der Waals surface area contributed by atoms with Crippen LogP contribution < -0.4 is 0 Å². The zero-order valence-corrected chi connectivity index (χ0v) is 11.1. The molecule has 3 heteroatoms. The average molecular weight is 265 g/mol. The highest BCUT2D eigenvalue weighted by atomic mass is 79.9. The van der Waals surface area contributed by atoms with Crippen molar-refractivity contribution in [3.63, 3.8) is 0 Å². The van der Waals surface area contributed by atoms with Gasteiger partial charge < -0.3 is 4.74 Å². The number of alkyl halides is 1. The van der Waals surface area contributed by atoms with Crippen LogP contribution in [0.4, 0.5) is 0 Å². The van der Waals surface area contributed by atoms with Gasteiger partial charge in [-0.15, -0.1) is 0 Å². The summed E-state index contributed by atoms with van der Waals surface area (Å²) in [6, 6.07) is 0. The van der Waals surface area contributed by atoms with Crippen LogP contribution in [0, 0.1) is 17.8 Å². The molecule has 0 rings (SSSR count). The molecule has 0 saturated heterocycles. The van der Waals surface area contributed by atoms with Crippen LogP contribution in [0.1, 0.15) is 34.1 Å². The molecule has 0 aliphatic rings. The predicted molar refractivity (Wildman–Crippen MR) is 62.5 cm³/mol. The van der Waals surface area contributed by atoms with Crippen LogP contribution in [0.3, 0.4) is 0 Å². The van der Waals surface area contributed by atoms with Crippen molar-refractivity contribution in [2.45, 2.75) is 34.1 Å². The molecule has 0 N–H and O–H groups in total. The van der Waals surface area contributed by atoms with Crippen LogP contribution in [0.15, 0.2) is 0 Å². The number of hydrogen-bond acceptors (Lipinski definition) is 2. The van der Waals surface area contributed by atoms with Gasteiger partial charge in [0.1, 0.15) is 0 Å². The fourth-order valence-corrected chi connectivity index (χ4v) is 2.18. The molecule has 0 aromatic carbocycles. The SMILES string of the molecule is CCOC(=O)C[C@@H](CBr)[C@H](C)C(C)C. The number of halogens is 1. The fraction of sp³-hybridized carbons (Fsp3) is 0.909. The number of esters is 1. The maximum Gasteiger partial charge on any atom is 0.306 e. The van der Waals surface area contributed by atoms with E-state index < -0.39 is 0 Å². The van der Waals surface area contributed by atoms with Gasteiger partial charge in [0.25, 0.3) is 0 Å². The maximum atomic E-state index is 11.3. The Morgan fingerprint density at radius 1 is 1.36 bits per heavy atom. The Hall–Kier alpha value is -0.0500. The summed E-state index contributed by atoms with van der Waals surface area (Å²) in [4.78, 5) is 11.3. The molecule has 0 unspecified atom stereocenters. The van der Waals surface area contributed by atoms with Crippen LogP contribution in [-0.2, 0) is 9.53 Å². The Balaban J connectivity index is 4.08. The van der Waals surface area contributed by atoms with Gasteiger partial charge in [-0.1, -0.05) is 36.7 Å². The second-order valence-electron chi connectivity index (χ2n) is 4.03. The zero-order valence-electron chi connectivity index (χ0n) is 9.55. The molecule has 0 aromatic heterocycles. The van der Waals surface area contributed by atoms with Crippen molar-refractivity contribution in [1.82, 2.24) is 0 Å². The van der Waals surface area contributed by atoms with Crippen molar-refractivity contribution in [2.75, 3.05) is 11.9 Å². The number of carbonyl (C=O) groups excluding carboxylic acids is 1. The predicted octanol–water partition coefficient (Wildman–Crippen LogP) is 3.24. The highest BCUT2D eigenvalue weighted by Crippen LogP contribution is 2.25. The van der Waals surface area contributed by atoms with E-state index in [0.717, 1.165) is 5.33 Å². The zero-order chi connectivity index (χ0) is 11.1. The van der Waals surface area contributed by atoms with E-state index >= 15 is 0 Å². The molecule has 84 valence electrons. The molecule has 0 amide bonds. The van der Waals surface area contributed by atoms with Crippen LogP contribution in [0.2, 0.25) is 0 Å². The first kappa shape index (κ1) is 13.9. The van der Waals surface area contributed by atoms with Crippen molar-refractivity contribution in [1.29, 1.82) is 0 Å². The van der Waals surface area contributed by atoms with Crippen molar-refractivity contribution < 1.29 is 9.53 Å². The topological polar surface area (TPSA) is 26.3 Å². The summed E-state index contributed by atoms with van der Waals surface area (Å²) < 4.78 is 4.94. The van der Waals surface area contributed by atoms with E-state index in [1.807, 2.05) is 6.92 Å². The molecule has 2 atom stereocenters. The van der Waals surface area contributed by atoms with Crippen LogP contribution in [-0.4, -0.2) is 17.9 Å². The Bertz CT molecular complexity index is 169. The van der Waals surface area contributed by atoms with Gasteiger partial charge in [-0.2, -0.15) is 0 Å². The molecule has 2 nitrogen and oxygen atoms in total. The monoisotopic (exact) mass is 264 g/mol. The lowest BCUT2D eigenvalue weighted by Gasteiger charge is -2.24. The summed E-state index contributed by atoms with van der Waals surface area (Å²) in [5.74, 6) is 1.45. The Kier molecular flexibility index (Phi) is 7.24. The number of hydrogen-bond donors (Lipinski definition) is 0. The van der Waals surface area contributed by atoms with E-state index in [1.54, 1.807) is 0 Å². The lowest BCUT2D eigenvalue weighted by atomic mass is 9.84. The molecule has 0 aromatic rings. The van der Waals surface area contributed by atoms with Crippen molar-refractivity contribution in [2.24, 2.45) is 17.8 Å². The van der Waals surface area contributed by atoms with Gasteiger partial charge in [-0.05, 0) is 24.7 Å². The Morgan fingerprint density at radius 3 is 2.29 bits per heavy atom. The lowest BCUT2D eigenvalue weighted by molar-refractivity contribution is -0.144. The summed E-state index contributed by atoms with van der Waals surface area (Å²) >= 11 is 3.46. The molecule has 0 aliphatic heterocycles. The largest absolute Gasteiger partial charge is 0.466 e. The lowest BCUT2D eigenvalue weighted by Crippen LogP contribution is -2.22. The van der Waals surface area contributed by atoms with Crippen molar-refractivity contribution in [3.8, 4) is 0 Å². The number of ether oxygens (including phenoxy) is 1. The summed E-state index contributed by atoms with van der Waals surface area (Å²) in [5.41, 5.74) is 0. The molecule has 0 saturated carbocycles. The molecule has 0 radical (unpaired) electrons. The second-order valence-corrected chi connectivity index (χ2v) is 4.67. The van der Waals surface area contributed by atoms with Crippen LogP contribution in [0.25, 0.3) is 0 Å². The van der Waals surface area contributed by atoms with Gasteiger partial charge in [0.15, 0.2) is 0 Å². The van der Waals surface area contributed by atoms with E-state index in [-0.39, 0.29) is 5.97 Å². The summed E-state index contributed by atoms with van der Waals surface area (Å²) in [7, 11) is 0. The normalized spacial score (nSPS) is 15.3. The minimum atomic E-state index is -0.0792. The molecular weight excluding hydrogens is 244 g/mol. The molecule has 0 fully saturated rings. The minimum absolute atomic E-state index is 0.0792. The van der Waals surface area contributed by atoms with Gasteiger partial charge in [-0.3, -0.25) is 4.79 Å². The standard InChI is InChI=1S/C11H21BrO2/c1-5-14-11(13)6-10(7-12)9(4)8(2)3/h8-10H,5-7H2,1-4H3/t9-,10+/m1/s1. The van der Waals surface area contributed by atoms with Crippen molar-refractivity contribution >= 4 is 21.9 Å². The summed E-state index contributed by atoms with van der Waals surface area (Å²) in [6.45, 7) is 8.88. The average Bonchev–Trinajstić information content (AvgIpc) is 2.13. The minimum Gasteiger partial charge on any atom is -0.466 e. The van der Waals surface area contributed by atoms with E-state index in [9.17, 15) is 4.79 Å². The van der Waals surface area contributed by atoms with E-state index in [0.29, 0.717) is 30.8 Å². The first-order chi connectivity index (χ1) is 6.52. The molecule has 14 heavy (non-hydrogen) atoms. The molecule has 0 heterocycles. The van der Waals surface area contributed by atoms with E-state index in [2.05, 4.69) is 36.7 Å². The third kappa shape index (κ3) is 4.99. The highest BCUT2D eigenvalue weighted by Gasteiger charge is 2.22. The van der Waals surface area contributed by atoms with E-state index in [4.69, 9.17) is 4.74 Å². The first-order valence-corrected chi connectivity index (χ1v) is 6.36. The fourth-order valence-electron chi connectivity index (χ4n) is 1.36. The van der Waals surface area contributed by atoms with E-state index in [1.165, 1.54) is 0 Å². The molecule has 0 aliphatic carbocycles. The van der Waals surface area contributed by atoms with Crippen molar-refractivity contribution in [3.05, 3.63) is 0 Å². The number of carbonyl (C=O) groups is 1. The molecule has 0 bridgehead atoms. The van der Waals surface area contributed by atoms with Gasteiger partial charge in [0.2, 0.25) is 0 Å². The number of rotatable bonds is 6. The van der Waals surface area contributed by atoms with Crippen LogP contribution >= 0.6 is 15.9 Å². The van der Waals surface area contributed by atoms with Gasteiger partial charge in [0, 0.05) is 11.8 Å². The highest BCUT2D eigenvalue weighted by molar-refractivity contribution is 9.09. The third-order valence-corrected chi connectivity index (χ3v) is 3.56. The third-order valence-electron chi connectivity index (χ3n) is 2.73. The quantitative estimate of drug-likeness (QED) is 0.544. The van der Waals surface area contributed by atoms with Crippen LogP contribution in [0.5, 0.6) is 0 Å². The molecular formula is C11H21BrO2. The first-order valence-electron chi connectivity index (χ1n) is 5.24. The smallest absolute Gasteiger partial charge is 0.306 e. The van der Waals surface area contributed by atoms with Gasteiger partial charge in [0.05, 0.1) is 6.61 Å². The summed E-state index contributed by atoms with van der Waals surface area (Å²) in [5, 5.41) is 0.866. The Labute approximate surface area is 95.5 Å². The summed E-state index contributed by atoms with van der Waals surface area (Å²) in [6.07, 6.45) is 0.526.